The zero-order valence-electron chi connectivity index (χ0n) is 11.3. The van der Waals surface area contributed by atoms with Gasteiger partial charge < -0.3 is 10.1 Å². The molecule has 0 heterocycles. The van der Waals surface area contributed by atoms with Gasteiger partial charge in [-0.25, -0.2) is 4.79 Å². The Morgan fingerprint density at radius 1 is 1.10 bits per heavy atom. The Morgan fingerprint density at radius 3 is 2.45 bits per heavy atom. The van der Waals surface area contributed by atoms with Gasteiger partial charge in [-0.1, -0.05) is 36.4 Å². The molecule has 0 saturated heterocycles. The lowest BCUT2D eigenvalue weighted by molar-refractivity contribution is -0.137. The summed E-state index contributed by atoms with van der Waals surface area (Å²) >= 11 is 0. The number of esters is 1. The van der Waals surface area contributed by atoms with Gasteiger partial charge >= 0.3 is 5.97 Å². The van der Waals surface area contributed by atoms with Crippen LogP contribution in [0.4, 0.5) is 0 Å². The number of hydrogen-bond donors (Lipinski definition) is 1. The van der Waals surface area contributed by atoms with E-state index in [9.17, 15) is 9.59 Å². The number of carbonyl (C=O) groups is 2. The third-order valence-electron chi connectivity index (χ3n) is 2.80. The van der Waals surface area contributed by atoms with Crippen molar-refractivity contribution in [3.8, 4) is 0 Å². The van der Waals surface area contributed by atoms with Gasteiger partial charge in [0.15, 0.2) is 0 Å². The van der Waals surface area contributed by atoms with E-state index in [1.165, 1.54) is 14.0 Å². The molecular weight excluding hydrogens is 254 g/mol. The Balaban J connectivity index is 2.41. The van der Waals surface area contributed by atoms with Crippen molar-refractivity contribution < 1.29 is 14.3 Å². The third kappa shape index (κ3) is 3.23. The molecule has 4 heteroatoms. The van der Waals surface area contributed by atoms with Crippen LogP contribution in [0.15, 0.2) is 48.2 Å². The van der Waals surface area contributed by atoms with Crippen molar-refractivity contribution in [1.29, 1.82) is 0 Å². The van der Waals surface area contributed by atoms with Crippen molar-refractivity contribution in [2.24, 2.45) is 0 Å². The molecule has 0 aliphatic carbocycles. The first kappa shape index (κ1) is 13.8. The minimum Gasteiger partial charge on any atom is -0.464 e. The van der Waals surface area contributed by atoms with E-state index in [-0.39, 0.29) is 11.6 Å². The molecular formula is C16H15NO3. The highest BCUT2D eigenvalue weighted by Gasteiger charge is 2.11. The van der Waals surface area contributed by atoms with E-state index in [0.29, 0.717) is 0 Å². The molecule has 4 nitrogen and oxygen atoms in total. The van der Waals surface area contributed by atoms with Crippen LogP contribution in [-0.4, -0.2) is 19.0 Å². The fourth-order valence-corrected chi connectivity index (χ4v) is 1.91. The molecule has 0 unspecified atom stereocenters. The largest absolute Gasteiger partial charge is 0.464 e. The van der Waals surface area contributed by atoms with Gasteiger partial charge in [-0.2, -0.15) is 0 Å². The average molecular weight is 269 g/mol. The van der Waals surface area contributed by atoms with Crippen LogP contribution in [0.2, 0.25) is 0 Å². The van der Waals surface area contributed by atoms with Gasteiger partial charge in [0.25, 0.3) is 0 Å². The van der Waals surface area contributed by atoms with E-state index in [1.807, 2.05) is 42.5 Å². The summed E-state index contributed by atoms with van der Waals surface area (Å²) < 4.78 is 4.65. The fraction of sp³-hybridized carbons (Fsp3) is 0.125. The first-order valence-corrected chi connectivity index (χ1v) is 6.16. The number of benzene rings is 2. The molecule has 1 amide bonds. The monoisotopic (exact) mass is 269 g/mol. The molecule has 1 N–H and O–H groups in total. The number of carbonyl (C=O) groups excluding carboxylic acids is 2. The van der Waals surface area contributed by atoms with E-state index in [1.54, 1.807) is 6.08 Å². The van der Waals surface area contributed by atoms with E-state index in [4.69, 9.17) is 0 Å². The summed E-state index contributed by atoms with van der Waals surface area (Å²) in [7, 11) is 1.28. The second kappa shape index (κ2) is 6.02. The van der Waals surface area contributed by atoms with Crippen molar-refractivity contribution in [2.45, 2.75) is 6.92 Å². The van der Waals surface area contributed by atoms with Gasteiger partial charge in [0.1, 0.15) is 5.70 Å². The molecule has 0 bridgehead atoms. The van der Waals surface area contributed by atoms with Gasteiger partial charge in [-0.3, -0.25) is 4.79 Å². The maximum absolute atomic E-state index is 11.6. The summed E-state index contributed by atoms with van der Waals surface area (Å²) in [6, 6.07) is 13.7. The second-order valence-corrected chi connectivity index (χ2v) is 4.34. The lowest BCUT2D eigenvalue weighted by Crippen LogP contribution is -2.25. The maximum atomic E-state index is 11.6. The van der Waals surface area contributed by atoms with Crippen molar-refractivity contribution >= 4 is 28.7 Å². The molecule has 102 valence electrons. The molecule has 0 aliphatic rings. The van der Waals surface area contributed by atoms with Crippen LogP contribution in [0.3, 0.4) is 0 Å². The van der Waals surface area contributed by atoms with Crippen LogP contribution in [-0.2, 0) is 14.3 Å². The minimum atomic E-state index is -0.576. The highest BCUT2D eigenvalue weighted by molar-refractivity contribution is 5.98. The number of hydrogen-bond acceptors (Lipinski definition) is 3. The smallest absolute Gasteiger partial charge is 0.354 e. The normalized spacial score (nSPS) is 11.2. The number of methoxy groups -OCH3 is 1. The maximum Gasteiger partial charge on any atom is 0.354 e. The van der Waals surface area contributed by atoms with E-state index in [2.05, 4.69) is 10.1 Å². The van der Waals surface area contributed by atoms with Crippen molar-refractivity contribution in [3.63, 3.8) is 0 Å². The van der Waals surface area contributed by atoms with Crippen molar-refractivity contribution in [3.05, 3.63) is 53.7 Å². The summed E-state index contributed by atoms with van der Waals surface area (Å²) in [5, 5.41) is 4.65. The number of amides is 1. The van der Waals surface area contributed by atoms with E-state index >= 15 is 0 Å². The van der Waals surface area contributed by atoms with Gasteiger partial charge in [-0.05, 0) is 28.5 Å². The number of fused-ring (bicyclic) bond motifs is 1. The van der Waals surface area contributed by atoms with Gasteiger partial charge in [0.2, 0.25) is 5.91 Å². The Hall–Kier alpha value is -2.62. The summed E-state index contributed by atoms with van der Waals surface area (Å²) in [5.41, 5.74) is 0.938. The summed E-state index contributed by atoms with van der Waals surface area (Å²) in [6.45, 7) is 1.34. The topological polar surface area (TPSA) is 55.4 Å². The lowest BCUT2D eigenvalue weighted by Gasteiger charge is -2.06. The van der Waals surface area contributed by atoms with Crippen LogP contribution in [0.1, 0.15) is 12.5 Å². The van der Waals surface area contributed by atoms with Gasteiger partial charge in [0, 0.05) is 6.92 Å². The first-order chi connectivity index (χ1) is 9.60. The Labute approximate surface area is 117 Å². The number of rotatable bonds is 3. The van der Waals surface area contributed by atoms with Gasteiger partial charge in [-0.15, -0.1) is 0 Å². The van der Waals surface area contributed by atoms with Crippen LogP contribution in [0.5, 0.6) is 0 Å². The zero-order chi connectivity index (χ0) is 14.5. The molecule has 0 atom stereocenters. The van der Waals surface area contributed by atoms with E-state index < -0.39 is 5.97 Å². The molecule has 0 radical (unpaired) electrons. The number of ether oxygens (including phenoxy) is 1. The summed E-state index contributed by atoms with van der Waals surface area (Å²) in [5.74, 6) is -0.893. The highest BCUT2D eigenvalue weighted by atomic mass is 16.5. The predicted octanol–water partition coefficient (Wildman–Crippen LogP) is 2.49. The van der Waals surface area contributed by atoms with Crippen LogP contribution >= 0.6 is 0 Å². The predicted molar refractivity (Wildman–Crippen MR) is 77.8 cm³/mol. The average Bonchev–Trinajstić information content (AvgIpc) is 2.45. The zero-order valence-corrected chi connectivity index (χ0v) is 11.3. The van der Waals surface area contributed by atoms with Crippen LogP contribution < -0.4 is 5.32 Å². The van der Waals surface area contributed by atoms with Gasteiger partial charge in [0.05, 0.1) is 7.11 Å². The first-order valence-electron chi connectivity index (χ1n) is 6.16. The van der Waals surface area contributed by atoms with Crippen LogP contribution in [0.25, 0.3) is 16.8 Å². The van der Waals surface area contributed by atoms with Crippen molar-refractivity contribution in [2.75, 3.05) is 7.11 Å². The van der Waals surface area contributed by atoms with E-state index in [0.717, 1.165) is 16.3 Å². The molecule has 2 rings (SSSR count). The Bertz CT molecular complexity index is 689. The third-order valence-corrected chi connectivity index (χ3v) is 2.80. The standard InChI is InChI=1S/C16H15NO3/c1-11(18)17-15(16(19)20-2)10-12-7-8-13-5-3-4-6-14(13)9-12/h3-10H,1-2H3,(H,17,18)/b15-10-. The molecule has 0 spiro atoms. The minimum absolute atomic E-state index is 0.121. The molecule has 0 fully saturated rings. The molecule has 2 aromatic rings. The lowest BCUT2D eigenvalue weighted by atomic mass is 10.1. The number of nitrogens with one attached hydrogen (secondary N) is 1. The Kier molecular flexibility index (Phi) is 4.15. The quantitative estimate of drug-likeness (QED) is 0.688. The van der Waals surface area contributed by atoms with Crippen LogP contribution in [0, 0.1) is 0 Å². The fourth-order valence-electron chi connectivity index (χ4n) is 1.91. The molecule has 20 heavy (non-hydrogen) atoms. The summed E-state index contributed by atoms with van der Waals surface area (Å²) in [6.07, 6.45) is 1.60. The molecule has 0 aromatic heterocycles. The Morgan fingerprint density at radius 2 is 1.80 bits per heavy atom. The summed E-state index contributed by atoms with van der Waals surface area (Å²) in [4.78, 5) is 22.7. The second-order valence-electron chi connectivity index (χ2n) is 4.34. The van der Waals surface area contributed by atoms with Crippen molar-refractivity contribution in [1.82, 2.24) is 5.32 Å². The SMILES string of the molecule is COC(=O)/C(=C/c1ccc2ccccc2c1)NC(C)=O. The molecule has 0 aliphatic heterocycles. The molecule has 0 saturated carbocycles. The highest BCUT2D eigenvalue weighted by Crippen LogP contribution is 2.17. The molecule has 2 aromatic carbocycles.